The Hall–Kier alpha value is -1.10. The van der Waals surface area contributed by atoms with Gasteiger partial charge in [0.05, 0.1) is 13.2 Å². The first-order chi connectivity index (χ1) is 8.79. The molecule has 0 aromatic heterocycles. The van der Waals surface area contributed by atoms with Gasteiger partial charge >= 0.3 is 0 Å². The normalized spacial score (nSPS) is 20.9. The molecular formula is C14H21NO3. The Balaban J connectivity index is 1.83. The zero-order chi connectivity index (χ0) is 12.8. The molecule has 1 aromatic rings. The van der Waals surface area contributed by atoms with Crippen LogP contribution < -0.4 is 10.5 Å². The molecular weight excluding hydrogens is 230 g/mol. The van der Waals surface area contributed by atoms with E-state index in [2.05, 4.69) is 0 Å². The maximum Gasteiger partial charge on any atom is 0.119 e. The minimum absolute atomic E-state index is 0.0404. The van der Waals surface area contributed by atoms with Gasteiger partial charge in [-0.05, 0) is 24.1 Å². The highest BCUT2D eigenvalue weighted by Crippen LogP contribution is 2.18. The van der Waals surface area contributed by atoms with Crippen molar-refractivity contribution in [2.45, 2.75) is 19.1 Å². The zero-order valence-electron chi connectivity index (χ0n) is 10.8. The quantitative estimate of drug-likeness (QED) is 0.834. The smallest absolute Gasteiger partial charge is 0.119 e. The number of hydrogen-bond donors (Lipinski definition) is 1. The number of methoxy groups -OCH3 is 1. The van der Waals surface area contributed by atoms with E-state index in [1.54, 1.807) is 7.11 Å². The van der Waals surface area contributed by atoms with Crippen LogP contribution in [-0.2, 0) is 16.1 Å². The van der Waals surface area contributed by atoms with Crippen molar-refractivity contribution in [2.75, 3.05) is 26.9 Å². The average Bonchev–Trinajstić information content (AvgIpc) is 2.91. The van der Waals surface area contributed by atoms with Gasteiger partial charge in [-0.3, -0.25) is 0 Å². The molecule has 1 aliphatic rings. The van der Waals surface area contributed by atoms with Crippen molar-refractivity contribution >= 4 is 0 Å². The van der Waals surface area contributed by atoms with Crippen LogP contribution in [0.1, 0.15) is 12.0 Å². The summed E-state index contributed by atoms with van der Waals surface area (Å²) in [5, 5.41) is 0. The SMILES string of the molecule is COCc1cccc(OCC(N)C2CCOC2)c1. The molecule has 0 saturated carbocycles. The number of rotatable bonds is 6. The summed E-state index contributed by atoms with van der Waals surface area (Å²) in [6.07, 6.45) is 1.04. The molecule has 2 atom stereocenters. The molecule has 1 fully saturated rings. The first-order valence-corrected chi connectivity index (χ1v) is 6.33. The number of ether oxygens (including phenoxy) is 3. The maximum atomic E-state index is 6.09. The Morgan fingerprint density at radius 3 is 3.11 bits per heavy atom. The molecule has 0 bridgehead atoms. The third-order valence-corrected chi connectivity index (χ3v) is 3.22. The van der Waals surface area contributed by atoms with Gasteiger partial charge in [-0.25, -0.2) is 0 Å². The molecule has 0 aliphatic carbocycles. The van der Waals surface area contributed by atoms with E-state index in [4.69, 9.17) is 19.9 Å². The van der Waals surface area contributed by atoms with Crippen molar-refractivity contribution in [3.63, 3.8) is 0 Å². The van der Waals surface area contributed by atoms with Crippen LogP contribution in [0.15, 0.2) is 24.3 Å². The average molecular weight is 251 g/mol. The van der Waals surface area contributed by atoms with Crippen molar-refractivity contribution in [1.29, 1.82) is 0 Å². The Kier molecular flexibility index (Phi) is 4.99. The molecule has 1 aliphatic heterocycles. The molecule has 1 heterocycles. The first-order valence-electron chi connectivity index (χ1n) is 6.33. The fraction of sp³-hybridized carbons (Fsp3) is 0.571. The van der Waals surface area contributed by atoms with Gasteiger partial charge in [0.1, 0.15) is 12.4 Å². The molecule has 2 N–H and O–H groups in total. The van der Waals surface area contributed by atoms with Gasteiger partial charge in [-0.1, -0.05) is 12.1 Å². The summed E-state index contributed by atoms with van der Waals surface area (Å²) in [5.41, 5.74) is 7.20. The highest BCUT2D eigenvalue weighted by Gasteiger charge is 2.23. The van der Waals surface area contributed by atoms with Gasteiger partial charge in [0.25, 0.3) is 0 Å². The number of hydrogen-bond acceptors (Lipinski definition) is 4. The van der Waals surface area contributed by atoms with E-state index in [0.29, 0.717) is 19.1 Å². The van der Waals surface area contributed by atoms with E-state index in [0.717, 1.165) is 30.9 Å². The van der Waals surface area contributed by atoms with Crippen LogP contribution in [0.5, 0.6) is 5.75 Å². The van der Waals surface area contributed by atoms with E-state index in [9.17, 15) is 0 Å². The summed E-state index contributed by atoms with van der Waals surface area (Å²) in [6.45, 7) is 2.71. The largest absolute Gasteiger partial charge is 0.492 e. The second kappa shape index (κ2) is 6.73. The molecule has 2 unspecified atom stereocenters. The zero-order valence-corrected chi connectivity index (χ0v) is 10.8. The Morgan fingerprint density at radius 2 is 2.39 bits per heavy atom. The van der Waals surface area contributed by atoms with Crippen LogP contribution in [0.4, 0.5) is 0 Å². The maximum absolute atomic E-state index is 6.09. The van der Waals surface area contributed by atoms with Gasteiger partial charge in [-0.2, -0.15) is 0 Å². The predicted octanol–water partition coefficient (Wildman–Crippen LogP) is 1.58. The summed E-state index contributed by atoms with van der Waals surface area (Å²) in [5.74, 6) is 1.27. The van der Waals surface area contributed by atoms with Crippen molar-refractivity contribution in [3.8, 4) is 5.75 Å². The first kappa shape index (κ1) is 13.3. The van der Waals surface area contributed by atoms with Crippen molar-refractivity contribution < 1.29 is 14.2 Å². The van der Waals surface area contributed by atoms with Crippen LogP contribution in [0.2, 0.25) is 0 Å². The van der Waals surface area contributed by atoms with Gasteiger partial charge in [-0.15, -0.1) is 0 Å². The van der Waals surface area contributed by atoms with Crippen LogP contribution in [-0.4, -0.2) is 33.0 Å². The van der Waals surface area contributed by atoms with Crippen LogP contribution in [0, 0.1) is 5.92 Å². The van der Waals surface area contributed by atoms with Crippen molar-refractivity contribution in [3.05, 3.63) is 29.8 Å². The third-order valence-electron chi connectivity index (χ3n) is 3.22. The molecule has 0 radical (unpaired) electrons. The molecule has 1 saturated heterocycles. The molecule has 0 spiro atoms. The van der Waals surface area contributed by atoms with Gasteiger partial charge in [0.2, 0.25) is 0 Å². The van der Waals surface area contributed by atoms with E-state index < -0.39 is 0 Å². The summed E-state index contributed by atoms with van der Waals surface area (Å²) >= 11 is 0. The standard InChI is InChI=1S/C14H21NO3/c1-16-8-11-3-2-4-13(7-11)18-10-14(15)12-5-6-17-9-12/h2-4,7,12,14H,5-6,8-10,15H2,1H3. The van der Waals surface area contributed by atoms with E-state index in [-0.39, 0.29) is 6.04 Å². The lowest BCUT2D eigenvalue weighted by molar-refractivity contribution is 0.169. The molecule has 2 rings (SSSR count). The predicted molar refractivity (Wildman–Crippen MR) is 69.6 cm³/mol. The molecule has 0 amide bonds. The van der Waals surface area contributed by atoms with Crippen molar-refractivity contribution in [2.24, 2.45) is 11.7 Å². The molecule has 4 nitrogen and oxygen atoms in total. The second-order valence-corrected chi connectivity index (χ2v) is 4.68. The minimum Gasteiger partial charge on any atom is -0.492 e. The molecule has 1 aromatic carbocycles. The van der Waals surface area contributed by atoms with E-state index in [1.165, 1.54) is 0 Å². The Bertz CT molecular complexity index is 364. The lowest BCUT2D eigenvalue weighted by Crippen LogP contribution is -2.36. The van der Waals surface area contributed by atoms with Crippen molar-refractivity contribution in [1.82, 2.24) is 0 Å². The van der Waals surface area contributed by atoms with Gasteiger partial charge in [0, 0.05) is 25.7 Å². The molecule has 4 heteroatoms. The second-order valence-electron chi connectivity index (χ2n) is 4.68. The molecule has 100 valence electrons. The Labute approximate surface area is 108 Å². The Morgan fingerprint density at radius 1 is 1.50 bits per heavy atom. The van der Waals surface area contributed by atoms with Gasteiger partial charge < -0.3 is 19.9 Å². The fourth-order valence-corrected chi connectivity index (χ4v) is 2.11. The summed E-state index contributed by atoms with van der Waals surface area (Å²) < 4.78 is 16.2. The third kappa shape index (κ3) is 3.70. The minimum atomic E-state index is 0.0404. The van der Waals surface area contributed by atoms with Crippen LogP contribution in [0.3, 0.4) is 0 Å². The summed E-state index contributed by atoms with van der Waals surface area (Å²) in [7, 11) is 1.68. The number of benzene rings is 1. The highest BCUT2D eigenvalue weighted by atomic mass is 16.5. The fourth-order valence-electron chi connectivity index (χ4n) is 2.11. The van der Waals surface area contributed by atoms with E-state index in [1.807, 2.05) is 24.3 Å². The molecule has 18 heavy (non-hydrogen) atoms. The van der Waals surface area contributed by atoms with Crippen LogP contribution in [0.25, 0.3) is 0 Å². The highest BCUT2D eigenvalue weighted by molar-refractivity contribution is 5.28. The lowest BCUT2D eigenvalue weighted by Gasteiger charge is -2.18. The monoisotopic (exact) mass is 251 g/mol. The van der Waals surface area contributed by atoms with E-state index >= 15 is 0 Å². The van der Waals surface area contributed by atoms with Crippen LogP contribution >= 0.6 is 0 Å². The number of nitrogens with two attached hydrogens (primary N) is 1. The lowest BCUT2D eigenvalue weighted by atomic mass is 10.0. The summed E-state index contributed by atoms with van der Waals surface area (Å²) in [4.78, 5) is 0. The summed E-state index contributed by atoms with van der Waals surface area (Å²) in [6, 6.07) is 7.95. The van der Waals surface area contributed by atoms with Gasteiger partial charge in [0.15, 0.2) is 0 Å². The topological polar surface area (TPSA) is 53.7 Å².